The standard InChI is InChI=1S/C60H106O6/c1-4-7-10-13-16-19-22-25-27-29-31-32-35-38-41-44-47-50-53-59(62)65-56-57(55-64-58(61)52-49-46-43-40-37-34-24-21-18-15-12-9-6-3)66-60(63)54-51-48-45-42-39-36-33-30-28-26-23-20-17-14-11-8-5-2/h8,11,17,20-21,24,26,28,33,36,57H,4-7,9-10,12-16,18-19,22-23,25,27,29-32,34-35,37-56H2,1-3H3/b11-8-,20-17-,24-21-,28-26-,36-33-. The van der Waals surface area contributed by atoms with E-state index < -0.39 is 6.10 Å². The zero-order chi connectivity index (χ0) is 47.9. The fourth-order valence-electron chi connectivity index (χ4n) is 8.02. The summed E-state index contributed by atoms with van der Waals surface area (Å²) >= 11 is 0. The Morgan fingerprint density at radius 1 is 0.318 bits per heavy atom. The van der Waals surface area contributed by atoms with E-state index in [1.165, 1.54) is 141 Å². The van der Waals surface area contributed by atoms with Crippen LogP contribution in [0.2, 0.25) is 0 Å². The van der Waals surface area contributed by atoms with Crippen LogP contribution < -0.4 is 0 Å². The number of esters is 3. The van der Waals surface area contributed by atoms with E-state index in [9.17, 15) is 14.4 Å². The lowest BCUT2D eigenvalue weighted by atomic mass is 10.0. The molecular weight excluding hydrogens is 817 g/mol. The van der Waals surface area contributed by atoms with Crippen LogP contribution in [-0.2, 0) is 28.6 Å². The molecule has 382 valence electrons. The Morgan fingerprint density at radius 2 is 0.591 bits per heavy atom. The van der Waals surface area contributed by atoms with Crippen LogP contribution in [0.1, 0.15) is 284 Å². The minimum Gasteiger partial charge on any atom is -0.462 e. The molecule has 0 radical (unpaired) electrons. The Balaban J connectivity index is 4.39. The van der Waals surface area contributed by atoms with E-state index in [1.807, 2.05) is 0 Å². The number of hydrogen-bond acceptors (Lipinski definition) is 6. The van der Waals surface area contributed by atoms with Crippen molar-refractivity contribution in [2.75, 3.05) is 13.2 Å². The summed E-state index contributed by atoms with van der Waals surface area (Å²) in [6.45, 7) is 6.51. The van der Waals surface area contributed by atoms with Gasteiger partial charge in [0.05, 0.1) is 0 Å². The van der Waals surface area contributed by atoms with Gasteiger partial charge in [0.25, 0.3) is 0 Å². The number of hydrogen-bond donors (Lipinski definition) is 0. The van der Waals surface area contributed by atoms with Gasteiger partial charge >= 0.3 is 17.9 Å². The summed E-state index contributed by atoms with van der Waals surface area (Å²) in [5.41, 5.74) is 0. The van der Waals surface area contributed by atoms with Crippen molar-refractivity contribution < 1.29 is 28.6 Å². The van der Waals surface area contributed by atoms with E-state index in [4.69, 9.17) is 14.2 Å². The molecule has 0 aliphatic carbocycles. The van der Waals surface area contributed by atoms with Crippen molar-refractivity contribution in [2.24, 2.45) is 0 Å². The minimum absolute atomic E-state index is 0.0844. The molecule has 0 saturated carbocycles. The average Bonchev–Trinajstić information content (AvgIpc) is 3.31. The number of ether oxygens (including phenoxy) is 3. The van der Waals surface area contributed by atoms with E-state index >= 15 is 0 Å². The van der Waals surface area contributed by atoms with Gasteiger partial charge in [-0.1, -0.05) is 242 Å². The van der Waals surface area contributed by atoms with Gasteiger partial charge in [0, 0.05) is 19.3 Å². The predicted molar refractivity (Wildman–Crippen MR) is 284 cm³/mol. The summed E-state index contributed by atoms with van der Waals surface area (Å²) in [4.78, 5) is 38.1. The van der Waals surface area contributed by atoms with Crippen LogP contribution >= 0.6 is 0 Å². The van der Waals surface area contributed by atoms with Crippen molar-refractivity contribution in [3.63, 3.8) is 0 Å². The van der Waals surface area contributed by atoms with Crippen LogP contribution in [-0.4, -0.2) is 37.2 Å². The predicted octanol–water partition coefficient (Wildman–Crippen LogP) is 18.8. The van der Waals surface area contributed by atoms with Gasteiger partial charge in [0.15, 0.2) is 6.10 Å². The first-order valence-corrected chi connectivity index (χ1v) is 28.3. The minimum atomic E-state index is -0.788. The summed E-state index contributed by atoms with van der Waals surface area (Å²) in [7, 11) is 0. The molecule has 0 rings (SSSR count). The number of rotatable bonds is 51. The van der Waals surface area contributed by atoms with Gasteiger partial charge in [-0.3, -0.25) is 14.4 Å². The first-order valence-electron chi connectivity index (χ1n) is 28.3. The summed E-state index contributed by atoms with van der Waals surface area (Å²) in [5.74, 6) is -0.907. The summed E-state index contributed by atoms with van der Waals surface area (Å²) in [6, 6.07) is 0. The van der Waals surface area contributed by atoms with Gasteiger partial charge in [0.2, 0.25) is 0 Å². The number of carbonyl (C=O) groups excluding carboxylic acids is 3. The molecule has 0 bridgehead atoms. The SMILES string of the molecule is CC/C=C\C/C=C\C/C=C\C/C=C\CCCCCCC(=O)OC(COC(=O)CCCCCCC/C=C\CCCCCC)COC(=O)CCCCCCCCCCCCCCCCCCCC. The van der Waals surface area contributed by atoms with Crippen molar-refractivity contribution in [1.29, 1.82) is 0 Å². The molecule has 0 aromatic carbocycles. The molecule has 6 nitrogen and oxygen atoms in total. The second-order valence-electron chi connectivity index (χ2n) is 18.8. The molecule has 0 spiro atoms. The maximum absolute atomic E-state index is 12.8. The zero-order valence-corrected chi connectivity index (χ0v) is 43.7. The second kappa shape index (κ2) is 54.7. The molecule has 0 N–H and O–H groups in total. The average molecular weight is 924 g/mol. The molecule has 0 fully saturated rings. The van der Waals surface area contributed by atoms with Crippen LogP contribution in [0, 0.1) is 0 Å². The van der Waals surface area contributed by atoms with Crippen LogP contribution in [0.25, 0.3) is 0 Å². The third-order valence-electron chi connectivity index (χ3n) is 12.3. The monoisotopic (exact) mass is 923 g/mol. The maximum Gasteiger partial charge on any atom is 0.306 e. The molecule has 0 saturated heterocycles. The highest BCUT2D eigenvalue weighted by Crippen LogP contribution is 2.16. The molecule has 6 heteroatoms. The van der Waals surface area contributed by atoms with Gasteiger partial charge in [0.1, 0.15) is 13.2 Å². The molecule has 0 aliphatic heterocycles. The molecule has 0 aliphatic rings. The molecule has 66 heavy (non-hydrogen) atoms. The fourth-order valence-corrected chi connectivity index (χ4v) is 8.02. The van der Waals surface area contributed by atoms with E-state index in [2.05, 4.69) is 81.5 Å². The third-order valence-corrected chi connectivity index (χ3v) is 12.3. The lowest BCUT2D eigenvalue weighted by Gasteiger charge is -2.18. The molecular formula is C60H106O6. The van der Waals surface area contributed by atoms with Gasteiger partial charge in [-0.25, -0.2) is 0 Å². The lowest BCUT2D eigenvalue weighted by molar-refractivity contribution is -0.167. The Labute approximate surface area is 409 Å². The van der Waals surface area contributed by atoms with Crippen molar-refractivity contribution in [3.8, 4) is 0 Å². The quantitative estimate of drug-likeness (QED) is 0.0262. The highest BCUT2D eigenvalue weighted by Gasteiger charge is 2.19. The van der Waals surface area contributed by atoms with E-state index in [0.717, 1.165) is 103 Å². The molecule has 1 atom stereocenters. The molecule has 0 aromatic heterocycles. The van der Waals surface area contributed by atoms with Gasteiger partial charge in [-0.2, -0.15) is 0 Å². The normalized spacial score (nSPS) is 12.5. The molecule has 0 heterocycles. The Morgan fingerprint density at radius 3 is 0.955 bits per heavy atom. The fraction of sp³-hybridized carbons (Fsp3) is 0.783. The van der Waals surface area contributed by atoms with Crippen molar-refractivity contribution in [3.05, 3.63) is 60.8 Å². The van der Waals surface area contributed by atoms with Gasteiger partial charge < -0.3 is 14.2 Å². The van der Waals surface area contributed by atoms with Crippen LogP contribution in [0.3, 0.4) is 0 Å². The molecule has 0 amide bonds. The lowest BCUT2D eigenvalue weighted by Crippen LogP contribution is -2.30. The van der Waals surface area contributed by atoms with Crippen molar-refractivity contribution in [2.45, 2.75) is 290 Å². The first-order chi connectivity index (χ1) is 32.5. The third kappa shape index (κ3) is 52.1. The maximum atomic E-state index is 12.8. The summed E-state index contributed by atoms with van der Waals surface area (Å²) in [5, 5.41) is 0. The van der Waals surface area contributed by atoms with Gasteiger partial charge in [-0.05, 0) is 83.5 Å². The highest BCUT2D eigenvalue weighted by molar-refractivity contribution is 5.71. The number of unbranched alkanes of at least 4 members (excludes halogenated alkanes) is 30. The highest BCUT2D eigenvalue weighted by atomic mass is 16.6. The largest absolute Gasteiger partial charge is 0.462 e. The van der Waals surface area contributed by atoms with Crippen LogP contribution in [0.4, 0.5) is 0 Å². The Hall–Kier alpha value is -2.89. The first kappa shape index (κ1) is 63.1. The zero-order valence-electron chi connectivity index (χ0n) is 43.7. The van der Waals surface area contributed by atoms with E-state index in [-0.39, 0.29) is 31.1 Å². The topological polar surface area (TPSA) is 78.9 Å². The summed E-state index contributed by atoms with van der Waals surface area (Å²) in [6.07, 6.45) is 67.8. The van der Waals surface area contributed by atoms with Crippen molar-refractivity contribution >= 4 is 17.9 Å². The van der Waals surface area contributed by atoms with Crippen LogP contribution in [0.15, 0.2) is 60.8 Å². The number of allylic oxidation sites excluding steroid dienone is 10. The Kier molecular flexibility index (Phi) is 52.3. The second-order valence-corrected chi connectivity index (χ2v) is 18.8. The van der Waals surface area contributed by atoms with Gasteiger partial charge in [-0.15, -0.1) is 0 Å². The number of carbonyl (C=O) groups is 3. The van der Waals surface area contributed by atoms with Crippen LogP contribution in [0.5, 0.6) is 0 Å². The Bertz CT molecular complexity index is 1200. The smallest absolute Gasteiger partial charge is 0.306 e. The molecule has 1 unspecified atom stereocenters. The van der Waals surface area contributed by atoms with E-state index in [0.29, 0.717) is 19.3 Å². The van der Waals surface area contributed by atoms with E-state index in [1.54, 1.807) is 0 Å². The van der Waals surface area contributed by atoms with Crippen molar-refractivity contribution in [1.82, 2.24) is 0 Å². The summed E-state index contributed by atoms with van der Waals surface area (Å²) < 4.78 is 16.8. The molecule has 0 aromatic rings.